The van der Waals surface area contributed by atoms with Crippen molar-refractivity contribution in [2.45, 2.75) is 23.3 Å². The van der Waals surface area contributed by atoms with Crippen LogP contribution in [0.4, 0.5) is 10.7 Å². The van der Waals surface area contributed by atoms with Gasteiger partial charge in [-0.05, 0) is 6.92 Å². The largest absolute Gasteiger partial charge is 0.394 e. The van der Waals surface area contributed by atoms with Crippen LogP contribution in [0.25, 0.3) is 0 Å². The Morgan fingerprint density at radius 1 is 1.62 bits per heavy atom. The molecule has 0 aliphatic carbocycles. The molecule has 1 aliphatic heterocycles. The smallest absolute Gasteiger partial charge is 0.304 e. The molecule has 11 heteroatoms. The van der Waals surface area contributed by atoms with Crippen LogP contribution in [0.1, 0.15) is 6.92 Å². The number of nitrogens with zero attached hydrogens (tertiary/aromatic N) is 2. The SMILES string of the molecule is CC1CN(S(=O)(=O)c2cc([N+](=O)[O-])c(N)s2)CC(CO)O1. The lowest BCUT2D eigenvalue weighted by atomic mass is 10.2. The molecule has 2 rings (SSSR count). The molecule has 1 fully saturated rings. The molecule has 21 heavy (non-hydrogen) atoms. The number of sulfonamides is 1. The number of hydrogen-bond donors (Lipinski definition) is 2. The number of ether oxygens (including phenoxy) is 1. The molecule has 1 saturated heterocycles. The highest BCUT2D eigenvalue weighted by atomic mass is 32.2. The van der Waals surface area contributed by atoms with Crippen molar-refractivity contribution in [2.75, 3.05) is 25.4 Å². The summed E-state index contributed by atoms with van der Waals surface area (Å²) in [6, 6.07) is 0.962. The van der Waals surface area contributed by atoms with Gasteiger partial charge in [0, 0.05) is 19.2 Å². The Morgan fingerprint density at radius 3 is 2.81 bits per heavy atom. The number of nitrogens with two attached hydrogens (primary N) is 1. The van der Waals surface area contributed by atoms with Gasteiger partial charge in [-0.1, -0.05) is 11.3 Å². The minimum atomic E-state index is -3.90. The van der Waals surface area contributed by atoms with E-state index in [0.29, 0.717) is 11.3 Å². The van der Waals surface area contributed by atoms with E-state index in [1.54, 1.807) is 6.92 Å². The van der Waals surface area contributed by atoms with Crippen molar-refractivity contribution in [1.82, 2.24) is 4.31 Å². The van der Waals surface area contributed by atoms with Crippen molar-refractivity contribution in [3.63, 3.8) is 0 Å². The maximum absolute atomic E-state index is 12.5. The van der Waals surface area contributed by atoms with Crippen LogP contribution in [0.2, 0.25) is 0 Å². The molecule has 9 nitrogen and oxygen atoms in total. The topological polar surface area (TPSA) is 136 Å². The van der Waals surface area contributed by atoms with Gasteiger partial charge in [0.2, 0.25) is 0 Å². The Balaban J connectivity index is 2.33. The summed E-state index contributed by atoms with van der Waals surface area (Å²) in [5.74, 6) is 0. The summed E-state index contributed by atoms with van der Waals surface area (Å²) in [5, 5.41) is 19.7. The Kier molecular flexibility index (Phi) is 4.49. The van der Waals surface area contributed by atoms with Gasteiger partial charge in [0.1, 0.15) is 4.21 Å². The molecule has 0 bridgehead atoms. The van der Waals surface area contributed by atoms with Crippen LogP contribution in [0.15, 0.2) is 10.3 Å². The van der Waals surface area contributed by atoms with E-state index in [-0.39, 0.29) is 35.0 Å². The van der Waals surface area contributed by atoms with Gasteiger partial charge >= 0.3 is 5.69 Å². The fourth-order valence-electron chi connectivity index (χ4n) is 2.07. The fourth-order valence-corrected chi connectivity index (χ4v) is 4.99. The summed E-state index contributed by atoms with van der Waals surface area (Å²) in [7, 11) is -3.90. The molecule has 118 valence electrons. The van der Waals surface area contributed by atoms with Gasteiger partial charge < -0.3 is 15.6 Å². The minimum absolute atomic E-state index is 0.00518. The number of aliphatic hydroxyl groups excluding tert-OH is 1. The van der Waals surface area contributed by atoms with Crippen molar-refractivity contribution in [3.05, 3.63) is 16.2 Å². The van der Waals surface area contributed by atoms with Gasteiger partial charge in [-0.15, -0.1) is 0 Å². The Labute approximate surface area is 125 Å². The monoisotopic (exact) mass is 337 g/mol. The fraction of sp³-hybridized carbons (Fsp3) is 0.600. The summed E-state index contributed by atoms with van der Waals surface area (Å²) < 4.78 is 31.4. The van der Waals surface area contributed by atoms with Crippen LogP contribution in [-0.2, 0) is 14.8 Å². The molecule has 0 aromatic carbocycles. The number of anilines is 1. The summed E-state index contributed by atoms with van der Waals surface area (Å²) in [6.45, 7) is 1.50. The molecular formula is C10H15N3O6S2. The summed E-state index contributed by atoms with van der Waals surface area (Å²) in [6.07, 6.45) is -0.992. The molecule has 0 amide bonds. The van der Waals surface area contributed by atoms with E-state index >= 15 is 0 Å². The Bertz CT molecular complexity index is 643. The average Bonchev–Trinajstić information content (AvgIpc) is 2.81. The number of morpholine rings is 1. The number of aliphatic hydroxyl groups is 1. The normalized spacial score (nSPS) is 24.1. The maximum atomic E-state index is 12.5. The van der Waals surface area contributed by atoms with Crippen LogP contribution in [-0.4, -0.2) is 54.7 Å². The third-order valence-corrected chi connectivity index (χ3v) is 6.24. The zero-order valence-corrected chi connectivity index (χ0v) is 12.8. The van der Waals surface area contributed by atoms with E-state index in [0.717, 1.165) is 10.4 Å². The van der Waals surface area contributed by atoms with Gasteiger partial charge in [-0.25, -0.2) is 8.42 Å². The third-order valence-electron chi connectivity index (χ3n) is 3.00. The molecule has 0 saturated carbocycles. The van der Waals surface area contributed by atoms with Gasteiger partial charge in [0.25, 0.3) is 10.0 Å². The van der Waals surface area contributed by atoms with Crippen molar-refractivity contribution in [1.29, 1.82) is 0 Å². The zero-order valence-electron chi connectivity index (χ0n) is 11.1. The molecule has 2 atom stereocenters. The van der Waals surface area contributed by atoms with Gasteiger partial charge in [0.15, 0.2) is 5.00 Å². The molecule has 3 N–H and O–H groups in total. The minimum Gasteiger partial charge on any atom is -0.394 e. The van der Waals surface area contributed by atoms with E-state index < -0.39 is 26.7 Å². The molecule has 2 heterocycles. The van der Waals surface area contributed by atoms with Crippen molar-refractivity contribution >= 4 is 32.0 Å². The molecule has 1 aliphatic rings. The first-order valence-electron chi connectivity index (χ1n) is 6.06. The highest BCUT2D eigenvalue weighted by Crippen LogP contribution is 2.36. The lowest BCUT2D eigenvalue weighted by Gasteiger charge is -2.34. The standard InChI is InChI=1S/C10H15N3O6S2/c1-6-3-12(4-7(5-14)19-6)21(17,18)9-2-8(13(15)16)10(11)20-9/h2,6-7,14H,3-5,11H2,1H3. The van der Waals surface area contributed by atoms with E-state index in [2.05, 4.69) is 0 Å². The van der Waals surface area contributed by atoms with Gasteiger partial charge in [-0.2, -0.15) is 4.31 Å². The predicted octanol–water partition coefficient (Wildman–Crippen LogP) is 0.00880. The number of nitro groups is 1. The zero-order chi connectivity index (χ0) is 15.8. The highest BCUT2D eigenvalue weighted by Gasteiger charge is 2.36. The first kappa shape index (κ1) is 16.1. The predicted molar refractivity (Wildman–Crippen MR) is 75.6 cm³/mol. The average molecular weight is 337 g/mol. The van der Waals surface area contributed by atoms with E-state index in [9.17, 15) is 18.5 Å². The Morgan fingerprint density at radius 2 is 2.29 bits per heavy atom. The van der Waals surface area contributed by atoms with Crippen molar-refractivity contribution in [3.8, 4) is 0 Å². The second-order valence-electron chi connectivity index (χ2n) is 4.65. The van der Waals surface area contributed by atoms with Gasteiger partial charge in [-0.3, -0.25) is 10.1 Å². The van der Waals surface area contributed by atoms with E-state index in [1.807, 2.05) is 0 Å². The van der Waals surface area contributed by atoms with E-state index in [4.69, 9.17) is 15.6 Å². The van der Waals surface area contributed by atoms with Crippen LogP contribution < -0.4 is 5.73 Å². The lowest BCUT2D eigenvalue weighted by Crippen LogP contribution is -2.50. The number of rotatable bonds is 4. The van der Waals surface area contributed by atoms with Crippen LogP contribution >= 0.6 is 11.3 Å². The second-order valence-corrected chi connectivity index (χ2v) is 7.89. The van der Waals surface area contributed by atoms with E-state index in [1.165, 1.54) is 0 Å². The first-order valence-corrected chi connectivity index (χ1v) is 8.31. The summed E-state index contributed by atoms with van der Waals surface area (Å²) in [5.41, 5.74) is 5.06. The molecule has 1 aromatic rings. The number of thiophene rings is 1. The van der Waals surface area contributed by atoms with Crippen molar-refractivity contribution in [2.24, 2.45) is 0 Å². The number of hydrogen-bond acceptors (Lipinski definition) is 8. The number of nitrogen functional groups attached to an aromatic ring is 1. The molecule has 0 radical (unpaired) electrons. The maximum Gasteiger partial charge on any atom is 0.304 e. The second kappa shape index (κ2) is 5.85. The van der Waals surface area contributed by atoms with Crippen LogP contribution in [0.3, 0.4) is 0 Å². The Hall–Kier alpha value is -1.27. The molecule has 0 spiro atoms. The summed E-state index contributed by atoms with van der Waals surface area (Å²) in [4.78, 5) is 10.0. The first-order chi connectivity index (χ1) is 9.75. The van der Waals surface area contributed by atoms with Crippen molar-refractivity contribution < 1.29 is 23.2 Å². The quantitative estimate of drug-likeness (QED) is 0.583. The third kappa shape index (κ3) is 3.16. The van der Waals surface area contributed by atoms with Crippen LogP contribution in [0, 0.1) is 10.1 Å². The highest BCUT2D eigenvalue weighted by molar-refractivity contribution is 7.91. The lowest BCUT2D eigenvalue weighted by molar-refractivity contribution is -0.383. The summed E-state index contributed by atoms with van der Waals surface area (Å²) >= 11 is 0.657. The van der Waals surface area contributed by atoms with Crippen LogP contribution in [0.5, 0.6) is 0 Å². The molecule has 2 unspecified atom stereocenters. The van der Waals surface area contributed by atoms with Gasteiger partial charge in [0.05, 0.1) is 23.7 Å². The molecular weight excluding hydrogens is 322 g/mol. The molecule has 1 aromatic heterocycles.